The topological polar surface area (TPSA) is 21.1 Å². The van der Waals surface area contributed by atoms with Crippen molar-refractivity contribution in [3.8, 4) is 0 Å². The Morgan fingerprint density at radius 2 is 1.77 bits per heavy atom. The second-order valence-corrected chi connectivity index (χ2v) is 6.36. The molecule has 1 aliphatic rings. The molecule has 22 heavy (non-hydrogen) atoms. The molecule has 1 fully saturated rings. The Bertz CT molecular complexity index is 797. The fraction of sp³-hybridized carbons (Fsp3) is 0.421. The highest BCUT2D eigenvalue weighted by atomic mass is 15.2. The summed E-state index contributed by atoms with van der Waals surface area (Å²) >= 11 is 0. The molecular weight excluding hydrogens is 270 g/mol. The molecule has 0 saturated carbocycles. The van der Waals surface area contributed by atoms with E-state index in [1.807, 2.05) is 6.20 Å². The number of nitrogens with zero attached hydrogens (tertiary/aromatic N) is 3. The van der Waals surface area contributed by atoms with Crippen molar-refractivity contribution in [2.45, 2.75) is 32.7 Å². The maximum atomic E-state index is 4.52. The van der Waals surface area contributed by atoms with Crippen LogP contribution >= 0.6 is 0 Å². The van der Waals surface area contributed by atoms with Crippen LogP contribution in [0.1, 0.15) is 25.0 Å². The monoisotopic (exact) mass is 293 g/mol. The average molecular weight is 293 g/mol. The van der Waals surface area contributed by atoms with Crippen molar-refractivity contribution in [1.29, 1.82) is 0 Å². The smallest absolute Gasteiger partial charge is 0.0708 e. The van der Waals surface area contributed by atoms with Crippen LogP contribution in [0.25, 0.3) is 21.8 Å². The number of aryl methyl sites for hydroxylation is 1. The predicted octanol–water partition coefficient (Wildman–Crippen LogP) is 3.98. The molecule has 114 valence electrons. The van der Waals surface area contributed by atoms with E-state index in [1.54, 1.807) is 0 Å². The van der Waals surface area contributed by atoms with Gasteiger partial charge in [-0.3, -0.25) is 4.98 Å². The number of pyridine rings is 1. The number of aromatic nitrogens is 2. The van der Waals surface area contributed by atoms with E-state index >= 15 is 0 Å². The first-order valence-corrected chi connectivity index (χ1v) is 8.39. The van der Waals surface area contributed by atoms with Crippen molar-refractivity contribution in [2.75, 3.05) is 19.6 Å². The second-order valence-electron chi connectivity index (χ2n) is 6.36. The quantitative estimate of drug-likeness (QED) is 0.728. The fourth-order valence-corrected chi connectivity index (χ4v) is 3.83. The number of fused-ring (bicyclic) bond motifs is 3. The fourth-order valence-electron chi connectivity index (χ4n) is 3.83. The normalized spacial score (nSPS) is 16.6. The SMILES string of the molecule is Cc1nccc2c3ccccc3n(CCN3CCCCC3)c12. The predicted molar refractivity (Wildman–Crippen MR) is 92.3 cm³/mol. The first-order valence-electron chi connectivity index (χ1n) is 8.39. The van der Waals surface area contributed by atoms with Gasteiger partial charge in [0.15, 0.2) is 0 Å². The number of likely N-dealkylation sites (tertiary alicyclic amines) is 1. The van der Waals surface area contributed by atoms with Crippen molar-refractivity contribution >= 4 is 21.8 Å². The lowest BCUT2D eigenvalue weighted by Gasteiger charge is -2.26. The number of rotatable bonds is 3. The van der Waals surface area contributed by atoms with Crippen LogP contribution in [0.15, 0.2) is 36.5 Å². The molecule has 3 aromatic rings. The molecule has 0 radical (unpaired) electrons. The van der Waals surface area contributed by atoms with Gasteiger partial charge in [-0.15, -0.1) is 0 Å². The van der Waals surface area contributed by atoms with Gasteiger partial charge in [0, 0.05) is 35.6 Å². The van der Waals surface area contributed by atoms with Gasteiger partial charge in [0.2, 0.25) is 0 Å². The van der Waals surface area contributed by atoms with Gasteiger partial charge in [0.05, 0.1) is 11.2 Å². The van der Waals surface area contributed by atoms with E-state index in [9.17, 15) is 0 Å². The summed E-state index contributed by atoms with van der Waals surface area (Å²) in [6.07, 6.45) is 6.04. The minimum absolute atomic E-state index is 1.05. The summed E-state index contributed by atoms with van der Waals surface area (Å²) in [6.45, 7) is 6.83. The Kier molecular flexibility index (Phi) is 3.59. The molecule has 0 amide bonds. The van der Waals surface area contributed by atoms with E-state index in [0.29, 0.717) is 0 Å². The van der Waals surface area contributed by atoms with Crippen molar-refractivity contribution in [1.82, 2.24) is 14.5 Å². The summed E-state index contributed by atoms with van der Waals surface area (Å²) in [5.41, 5.74) is 3.78. The van der Waals surface area contributed by atoms with Crippen molar-refractivity contribution in [2.24, 2.45) is 0 Å². The minimum atomic E-state index is 1.05. The first kappa shape index (κ1) is 13.8. The molecule has 3 heteroatoms. The Morgan fingerprint density at radius 1 is 0.955 bits per heavy atom. The number of benzene rings is 1. The summed E-state index contributed by atoms with van der Waals surface area (Å²) in [4.78, 5) is 7.13. The third kappa shape index (κ3) is 2.30. The Labute approximate surface area is 131 Å². The zero-order chi connectivity index (χ0) is 14.9. The molecule has 0 unspecified atom stereocenters. The standard InChI is InChI=1S/C19H23N3/c1-15-19-17(9-10-20-15)16-7-3-4-8-18(16)22(19)14-13-21-11-5-2-6-12-21/h3-4,7-10H,2,5-6,11-14H2,1H3. The van der Waals surface area contributed by atoms with Crippen LogP contribution in [-0.2, 0) is 6.54 Å². The maximum absolute atomic E-state index is 4.52. The Hall–Kier alpha value is -1.87. The zero-order valence-corrected chi connectivity index (χ0v) is 13.3. The van der Waals surface area contributed by atoms with Crippen LogP contribution in [0.3, 0.4) is 0 Å². The van der Waals surface area contributed by atoms with Crippen LogP contribution in [0.2, 0.25) is 0 Å². The van der Waals surface area contributed by atoms with Gasteiger partial charge in [-0.25, -0.2) is 0 Å². The zero-order valence-electron chi connectivity index (χ0n) is 13.3. The molecule has 0 aliphatic carbocycles. The van der Waals surface area contributed by atoms with E-state index in [1.165, 1.54) is 54.2 Å². The average Bonchev–Trinajstić information content (AvgIpc) is 2.89. The van der Waals surface area contributed by atoms with Gasteiger partial charge in [0.25, 0.3) is 0 Å². The highest BCUT2D eigenvalue weighted by Gasteiger charge is 2.14. The number of para-hydroxylation sites is 1. The van der Waals surface area contributed by atoms with E-state index in [-0.39, 0.29) is 0 Å². The maximum Gasteiger partial charge on any atom is 0.0708 e. The molecule has 3 nitrogen and oxygen atoms in total. The second kappa shape index (κ2) is 5.73. The third-order valence-corrected chi connectivity index (χ3v) is 4.95. The lowest BCUT2D eigenvalue weighted by atomic mass is 10.1. The van der Waals surface area contributed by atoms with Crippen LogP contribution in [0.4, 0.5) is 0 Å². The summed E-state index contributed by atoms with van der Waals surface area (Å²) in [5, 5.41) is 2.68. The number of hydrogen-bond donors (Lipinski definition) is 0. The van der Waals surface area contributed by atoms with E-state index in [0.717, 1.165) is 18.8 Å². The molecule has 4 rings (SSSR count). The summed E-state index contributed by atoms with van der Waals surface area (Å²) < 4.78 is 2.47. The molecule has 1 aromatic carbocycles. The van der Waals surface area contributed by atoms with Crippen LogP contribution in [0, 0.1) is 6.92 Å². The molecule has 2 aromatic heterocycles. The summed E-state index contributed by atoms with van der Waals surface area (Å²) in [6, 6.07) is 10.9. The van der Waals surface area contributed by atoms with Crippen molar-refractivity contribution in [3.63, 3.8) is 0 Å². The third-order valence-electron chi connectivity index (χ3n) is 4.95. The Morgan fingerprint density at radius 3 is 2.64 bits per heavy atom. The van der Waals surface area contributed by atoms with Crippen LogP contribution in [-0.4, -0.2) is 34.1 Å². The molecule has 1 saturated heterocycles. The highest BCUT2D eigenvalue weighted by molar-refractivity contribution is 6.08. The van der Waals surface area contributed by atoms with Gasteiger partial charge >= 0.3 is 0 Å². The van der Waals surface area contributed by atoms with Gasteiger partial charge in [-0.05, 0) is 45.0 Å². The lowest BCUT2D eigenvalue weighted by molar-refractivity contribution is 0.222. The van der Waals surface area contributed by atoms with Crippen molar-refractivity contribution in [3.05, 3.63) is 42.2 Å². The molecule has 1 aliphatic heterocycles. The van der Waals surface area contributed by atoms with E-state index in [4.69, 9.17) is 0 Å². The lowest BCUT2D eigenvalue weighted by Crippen LogP contribution is -2.32. The van der Waals surface area contributed by atoms with Crippen molar-refractivity contribution < 1.29 is 0 Å². The molecular formula is C19H23N3. The van der Waals surface area contributed by atoms with E-state index in [2.05, 4.69) is 51.7 Å². The van der Waals surface area contributed by atoms with Gasteiger partial charge < -0.3 is 9.47 Å². The molecule has 0 atom stereocenters. The minimum Gasteiger partial charge on any atom is -0.338 e. The van der Waals surface area contributed by atoms with Crippen LogP contribution in [0.5, 0.6) is 0 Å². The van der Waals surface area contributed by atoms with Gasteiger partial charge in [0.1, 0.15) is 0 Å². The molecule has 3 heterocycles. The largest absolute Gasteiger partial charge is 0.338 e. The molecule has 0 spiro atoms. The van der Waals surface area contributed by atoms with E-state index < -0.39 is 0 Å². The van der Waals surface area contributed by atoms with Crippen LogP contribution < -0.4 is 0 Å². The number of hydrogen-bond acceptors (Lipinski definition) is 2. The highest BCUT2D eigenvalue weighted by Crippen LogP contribution is 2.30. The first-order chi connectivity index (χ1) is 10.8. The molecule has 0 bridgehead atoms. The Balaban J connectivity index is 1.76. The van der Waals surface area contributed by atoms with Gasteiger partial charge in [-0.1, -0.05) is 24.6 Å². The number of piperidine rings is 1. The summed E-state index contributed by atoms with van der Waals surface area (Å²) in [5.74, 6) is 0. The summed E-state index contributed by atoms with van der Waals surface area (Å²) in [7, 11) is 0. The van der Waals surface area contributed by atoms with Gasteiger partial charge in [-0.2, -0.15) is 0 Å². The molecule has 0 N–H and O–H groups in total.